The van der Waals surface area contributed by atoms with Crippen molar-refractivity contribution < 1.29 is 4.74 Å². The van der Waals surface area contributed by atoms with Crippen LogP contribution in [-0.4, -0.2) is 35.2 Å². The van der Waals surface area contributed by atoms with Gasteiger partial charge in [-0.25, -0.2) is 9.97 Å². The van der Waals surface area contributed by atoms with Crippen LogP contribution in [0.5, 0.6) is 0 Å². The first-order chi connectivity index (χ1) is 14.7. The zero-order valence-corrected chi connectivity index (χ0v) is 17.2. The lowest BCUT2D eigenvalue weighted by molar-refractivity contribution is 0.196. The third-order valence-corrected chi connectivity index (χ3v) is 5.02. The van der Waals surface area contributed by atoms with Crippen molar-refractivity contribution in [2.75, 3.05) is 25.6 Å². The molecule has 2 heterocycles. The fourth-order valence-corrected chi connectivity index (χ4v) is 3.30. The molecule has 0 saturated carbocycles. The summed E-state index contributed by atoms with van der Waals surface area (Å²) in [4.78, 5) is 13.2. The molecule has 2 aromatic heterocycles. The summed E-state index contributed by atoms with van der Waals surface area (Å²) in [6.07, 6.45) is 5.45. The number of aromatic nitrogens is 3. The average Bonchev–Trinajstić information content (AvgIpc) is 2.80. The number of nitrogens with zero attached hydrogens (tertiary/aromatic N) is 3. The Hall–Kier alpha value is -3.35. The van der Waals surface area contributed by atoms with Crippen molar-refractivity contribution >= 4 is 22.5 Å². The molecule has 2 N–H and O–H groups in total. The Balaban J connectivity index is 1.46. The number of anilines is 2. The largest absolute Gasteiger partial charge is 0.383 e. The zero-order chi connectivity index (χ0) is 20.8. The summed E-state index contributed by atoms with van der Waals surface area (Å²) >= 11 is 0. The van der Waals surface area contributed by atoms with Gasteiger partial charge in [0, 0.05) is 49.4 Å². The molecule has 0 aliphatic carbocycles. The van der Waals surface area contributed by atoms with Crippen molar-refractivity contribution in [1.29, 1.82) is 0 Å². The van der Waals surface area contributed by atoms with E-state index in [1.54, 1.807) is 19.5 Å². The van der Waals surface area contributed by atoms with Crippen LogP contribution in [0.25, 0.3) is 22.0 Å². The molecule has 6 heteroatoms. The van der Waals surface area contributed by atoms with Gasteiger partial charge in [-0.15, -0.1) is 0 Å². The monoisotopic (exact) mass is 399 g/mol. The van der Waals surface area contributed by atoms with Crippen molar-refractivity contribution in [2.24, 2.45) is 0 Å². The number of benzene rings is 2. The molecular formula is C24H25N5O. The molecular weight excluding hydrogens is 374 g/mol. The first-order valence-corrected chi connectivity index (χ1v) is 9.99. The summed E-state index contributed by atoms with van der Waals surface area (Å²) in [7, 11) is 1.71. The summed E-state index contributed by atoms with van der Waals surface area (Å²) in [5, 5.41) is 7.72. The molecule has 6 nitrogen and oxygen atoms in total. The lowest BCUT2D eigenvalue weighted by Crippen LogP contribution is -2.22. The van der Waals surface area contributed by atoms with Crippen LogP contribution in [-0.2, 0) is 4.74 Å². The summed E-state index contributed by atoms with van der Waals surface area (Å²) in [5.41, 5.74) is 5.33. The fraction of sp³-hybridized carbons (Fsp3) is 0.208. The van der Waals surface area contributed by atoms with E-state index >= 15 is 0 Å². The van der Waals surface area contributed by atoms with Crippen LogP contribution in [0.3, 0.4) is 0 Å². The molecule has 4 rings (SSSR count). The summed E-state index contributed by atoms with van der Waals surface area (Å²) < 4.78 is 5.08. The number of hydrogen-bond donors (Lipinski definition) is 2. The van der Waals surface area contributed by atoms with Crippen molar-refractivity contribution in [3.8, 4) is 11.1 Å². The van der Waals surface area contributed by atoms with Crippen LogP contribution in [0.1, 0.15) is 18.5 Å². The molecule has 0 radical (unpaired) electrons. The number of nitrogens with one attached hydrogen (secondary N) is 2. The number of ether oxygens (including phenoxy) is 1. The Bertz CT molecular complexity index is 1100. The van der Waals surface area contributed by atoms with Gasteiger partial charge in [0.05, 0.1) is 12.1 Å². The quantitative estimate of drug-likeness (QED) is 0.417. The van der Waals surface area contributed by atoms with Crippen LogP contribution in [0.4, 0.5) is 11.6 Å². The predicted octanol–water partition coefficient (Wildman–Crippen LogP) is 4.73. The smallest absolute Gasteiger partial charge is 0.227 e. The second-order valence-corrected chi connectivity index (χ2v) is 7.12. The maximum absolute atomic E-state index is 5.08. The van der Waals surface area contributed by atoms with Gasteiger partial charge in [0.1, 0.15) is 0 Å². The Morgan fingerprint density at radius 3 is 2.53 bits per heavy atom. The van der Waals surface area contributed by atoms with E-state index in [4.69, 9.17) is 4.74 Å². The Morgan fingerprint density at radius 2 is 1.77 bits per heavy atom. The van der Waals surface area contributed by atoms with Gasteiger partial charge in [0.25, 0.3) is 0 Å². The molecule has 0 bridgehead atoms. The number of hydrogen-bond acceptors (Lipinski definition) is 6. The zero-order valence-electron chi connectivity index (χ0n) is 17.2. The normalized spacial score (nSPS) is 12.1. The maximum Gasteiger partial charge on any atom is 0.227 e. The van der Waals surface area contributed by atoms with Gasteiger partial charge in [0.2, 0.25) is 5.95 Å². The molecule has 0 unspecified atom stereocenters. The van der Waals surface area contributed by atoms with E-state index in [9.17, 15) is 0 Å². The highest BCUT2D eigenvalue weighted by molar-refractivity contribution is 5.84. The fourth-order valence-electron chi connectivity index (χ4n) is 3.30. The Kier molecular flexibility index (Phi) is 6.27. The second kappa shape index (κ2) is 9.43. The van der Waals surface area contributed by atoms with Crippen LogP contribution < -0.4 is 10.6 Å². The van der Waals surface area contributed by atoms with Gasteiger partial charge in [-0.3, -0.25) is 4.98 Å². The first-order valence-electron chi connectivity index (χ1n) is 9.99. The van der Waals surface area contributed by atoms with Crippen molar-refractivity contribution in [1.82, 2.24) is 20.3 Å². The van der Waals surface area contributed by atoms with Crippen LogP contribution in [0.2, 0.25) is 0 Å². The minimum atomic E-state index is 0.265. The van der Waals surface area contributed by atoms with Crippen molar-refractivity contribution in [3.63, 3.8) is 0 Å². The van der Waals surface area contributed by atoms with Crippen molar-refractivity contribution in [3.05, 3.63) is 78.8 Å². The lowest BCUT2D eigenvalue weighted by Gasteiger charge is -2.14. The van der Waals surface area contributed by atoms with Gasteiger partial charge < -0.3 is 15.4 Å². The molecule has 1 atom stereocenters. The van der Waals surface area contributed by atoms with Crippen LogP contribution >= 0.6 is 0 Å². The van der Waals surface area contributed by atoms with Gasteiger partial charge in [0.15, 0.2) is 0 Å². The van der Waals surface area contributed by atoms with Gasteiger partial charge in [-0.05, 0) is 60.0 Å². The second-order valence-electron chi connectivity index (χ2n) is 7.12. The summed E-state index contributed by atoms with van der Waals surface area (Å²) in [6, 6.07) is 18.8. The Labute approximate surface area is 176 Å². The van der Waals surface area contributed by atoms with Gasteiger partial charge in [-0.1, -0.05) is 18.2 Å². The van der Waals surface area contributed by atoms with E-state index < -0.39 is 0 Å². The average molecular weight is 399 g/mol. The van der Waals surface area contributed by atoms with E-state index in [2.05, 4.69) is 56.8 Å². The maximum atomic E-state index is 5.08. The van der Waals surface area contributed by atoms with Gasteiger partial charge in [-0.2, -0.15) is 0 Å². The molecule has 0 fully saturated rings. The molecule has 0 aliphatic heterocycles. The standard InChI is InChI=1S/C24H25N5O/c1-17(26-13-14-30-2)18-3-6-22(7-4-18)28-24-27-16-21-15-20(5-8-23(21)29-24)19-9-11-25-12-10-19/h3-12,15-17,26H,13-14H2,1-2H3,(H,27,28,29)/t17-/m1/s1. The Morgan fingerprint density at radius 1 is 0.967 bits per heavy atom. The van der Waals surface area contributed by atoms with E-state index in [1.165, 1.54) is 5.56 Å². The number of pyridine rings is 1. The highest BCUT2D eigenvalue weighted by atomic mass is 16.5. The third kappa shape index (κ3) is 4.79. The van der Waals surface area contributed by atoms with Crippen LogP contribution in [0, 0.1) is 0 Å². The number of fused-ring (bicyclic) bond motifs is 1. The topological polar surface area (TPSA) is 72.0 Å². The molecule has 4 aromatic rings. The van der Waals surface area contributed by atoms with E-state index in [1.807, 2.05) is 36.5 Å². The van der Waals surface area contributed by atoms with E-state index in [-0.39, 0.29) is 6.04 Å². The van der Waals surface area contributed by atoms with E-state index in [0.29, 0.717) is 12.6 Å². The highest BCUT2D eigenvalue weighted by Gasteiger charge is 2.06. The molecule has 0 saturated heterocycles. The van der Waals surface area contributed by atoms with E-state index in [0.717, 1.165) is 34.3 Å². The minimum Gasteiger partial charge on any atom is -0.383 e. The molecule has 0 aliphatic rings. The summed E-state index contributed by atoms with van der Waals surface area (Å²) in [6.45, 7) is 3.67. The molecule has 0 amide bonds. The summed E-state index contributed by atoms with van der Waals surface area (Å²) in [5.74, 6) is 0.582. The number of methoxy groups -OCH3 is 1. The highest BCUT2D eigenvalue weighted by Crippen LogP contribution is 2.24. The molecule has 0 spiro atoms. The van der Waals surface area contributed by atoms with Gasteiger partial charge >= 0.3 is 0 Å². The minimum absolute atomic E-state index is 0.265. The third-order valence-electron chi connectivity index (χ3n) is 5.02. The lowest BCUT2D eigenvalue weighted by atomic mass is 10.1. The molecule has 2 aromatic carbocycles. The first kappa shape index (κ1) is 19.9. The molecule has 30 heavy (non-hydrogen) atoms. The van der Waals surface area contributed by atoms with Crippen molar-refractivity contribution in [2.45, 2.75) is 13.0 Å². The molecule has 152 valence electrons. The van der Waals surface area contributed by atoms with Crippen LogP contribution in [0.15, 0.2) is 73.2 Å². The number of rotatable bonds is 8. The SMILES string of the molecule is COCCN[C@H](C)c1ccc(Nc2ncc3cc(-c4ccncc4)ccc3n2)cc1. The predicted molar refractivity (Wildman–Crippen MR) is 121 cm³/mol.